The van der Waals surface area contributed by atoms with E-state index in [-0.39, 0.29) is 0 Å². The van der Waals surface area contributed by atoms with Crippen LogP contribution in [0.4, 0.5) is 11.4 Å². The van der Waals surface area contributed by atoms with Crippen LogP contribution in [0.3, 0.4) is 0 Å². The van der Waals surface area contributed by atoms with Crippen molar-refractivity contribution < 1.29 is 39.1 Å². The van der Waals surface area contributed by atoms with E-state index in [1.165, 1.54) is 0 Å². The zero-order valence-corrected chi connectivity index (χ0v) is 13.9. The van der Waals surface area contributed by atoms with Crippen LogP contribution in [0, 0.1) is 20.2 Å². The molecule has 140 valence electrons. The molecule has 2 rings (SSSR count). The van der Waals surface area contributed by atoms with E-state index >= 15 is 0 Å². The number of aromatic carboxylic acids is 2. The van der Waals surface area contributed by atoms with Gasteiger partial charge in [-0.3, -0.25) is 24.8 Å². The van der Waals surface area contributed by atoms with Crippen LogP contribution < -0.4 is 10.6 Å². The summed E-state index contributed by atoms with van der Waals surface area (Å²) < 4.78 is 12.7. The number of nitro groups is 2. The molecule has 0 radical (unpaired) electrons. The summed E-state index contributed by atoms with van der Waals surface area (Å²) in [4.78, 5) is 52.3. The summed E-state index contributed by atoms with van der Waals surface area (Å²) in [7, 11) is -4.63. The summed E-state index contributed by atoms with van der Waals surface area (Å²) in [5, 5.41) is 38.8. The molecule has 0 spiro atoms. The second kappa shape index (κ2) is 6.94. The molecule has 2 aromatic carbocycles. The van der Waals surface area contributed by atoms with Crippen LogP contribution in [-0.4, -0.2) is 36.9 Å². The standard InChI is InChI=1S/C14H9N2O10P/c17-13(18)9-3-1-7(5-11(9)15(21)22)27(25,26)8-2-4-10(14(19)20)12(6-8)16(23)24/h1-6H,(H,17,18)(H,19,20)(H,25,26). The van der Waals surface area contributed by atoms with Gasteiger partial charge in [0, 0.05) is 22.7 Å². The molecule has 0 atom stereocenters. The molecule has 2 aromatic rings. The third kappa shape index (κ3) is 3.66. The molecular formula is C14H9N2O10P. The van der Waals surface area contributed by atoms with Crippen LogP contribution in [0.1, 0.15) is 20.7 Å². The Hall–Kier alpha value is -3.63. The minimum Gasteiger partial charge on any atom is -0.477 e. The fourth-order valence-electron chi connectivity index (χ4n) is 2.23. The van der Waals surface area contributed by atoms with Crippen molar-refractivity contribution in [3.05, 3.63) is 67.8 Å². The SMILES string of the molecule is O=C(O)c1ccc(P(=O)(O)c2ccc(C(=O)O)c([N+](=O)[O-])c2)cc1[N+](=O)[O-]. The highest BCUT2D eigenvalue weighted by atomic mass is 31.2. The monoisotopic (exact) mass is 396 g/mol. The van der Waals surface area contributed by atoms with Crippen molar-refractivity contribution >= 4 is 41.3 Å². The predicted octanol–water partition coefficient (Wildman–Crippen LogP) is 1.12. The Morgan fingerprint density at radius 2 is 1.15 bits per heavy atom. The van der Waals surface area contributed by atoms with Gasteiger partial charge >= 0.3 is 11.9 Å². The van der Waals surface area contributed by atoms with Crippen molar-refractivity contribution in [2.24, 2.45) is 0 Å². The van der Waals surface area contributed by atoms with Crippen molar-refractivity contribution in [3.63, 3.8) is 0 Å². The molecule has 0 aliphatic carbocycles. The highest BCUT2D eigenvalue weighted by molar-refractivity contribution is 7.73. The second-order valence-electron chi connectivity index (χ2n) is 5.10. The van der Waals surface area contributed by atoms with Gasteiger partial charge in [0.2, 0.25) is 0 Å². The highest BCUT2D eigenvalue weighted by Gasteiger charge is 2.32. The smallest absolute Gasteiger partial charge is 0.342 e. The Balaban J connectivity index is 2.67. The van der Waals surface area contributed by atoms with Gasteiger partial charge in [0.25, 0.3) is 18.7 Å². The fourth-order valence-corrected chi connectivity index (χ4v) is 3.68. The molecule has 0 bridgehead atoms. The van der Waals surface area contributed by atoms with Gasteiger partial charge in [-0.05, 0) is 24.3 Å². The van der Waals surface area contributed by atoms with Gasteiger partial charge in [0.1, 0.15) is 11.1 Å². The normalized spacial score (nSPS) is 11.0. The maximum absolute atomic E-state index is 12.7. The first-order valence-electron chi connectivity index (χ1n) is 6.84. The first kappa shape index (κ1) is 19.7. The van der Waals surface area contributed by atoms with Crippen molar-refractivity contribution in [3.8, 4) is 0 Å². The zero-order chi connectivity index (χ0) is 20.5. The number of hydrogen-bond acceptors (Lipinski definition) is 7. The van der Waals surface area contributed by atoms with Gasteiger partial charge < -0.3 is 15.1 Å². The number of carboxylic acids is 2. The number of nitrogens with zero attached hydrogens (tertiary/aromatic N) is 2. The number of carbonyl (C=O) groups is 2. The summed E-state index contributed by atoms with van der Waals surface area (Å²) in [6.07, 6.45) is 0. The van der Waals surface area contributed by atoms with Crippen molar-refractivity contribution in [1.29, 1.82) is 0 Å². The maximum atomic E-state index is 12.7. The molecule has 3 N–H and O–H groups in total. The first-order chi connectivity index (χ1) is 12.5. The minimum absolute atomic E-state index is 0.545. The average Bonchev–Trinajstić information content (AvgIpc) is 2.60. The van der Waals surface area contributed by atoms with Gasteiger partial charge in [-0.15, -0.1) is 0 Å². The lowest BCUT2D eigenvalue weighted by atomic mass is 10.2. The number of carboxylic acid groups (broad SMARTS) is 2. The van der Waals surface area contributed by atoms with E-state index in [4.69, 9.17) is 10.2 Å². The lowest BCUT2D eigenvalue weighted by Crippen LogP contribution is -2.18. The van der Waals surface area contributed by atoms with E-state index in [1.807, 2.05) is 0 Å². The number of nitro benzene ring substituents is 2. The molecule has 13 heteroatoms. The third-order valence-corrected chi connectivity index (χ3v) is 5.47. The van der Waals surface area contributed by atoms with Gasteiger partial charge in [0.15, 0.2) is 0 Å². The van der Waals surface area contributed by atoms with Gasteiger partial charge in [0.05, 0.1) is 9.85 Å². The third-order valence-electron chi connectivity index (χ3n) is 3.52. The highest BCUT2D eigenvalue weighted by Crippen LogP contribution is 2.40. The van der Waals surface area contributed by atoms with E-state index in [0.29, 0.717) is 12.1 Å². The average molecular weight is 396 g/mol. The molecule has 0 aliphatic heterocycles. The molecular weight excluding hydrogens is 387 g/mol. The summed E-state index contributed by atoms with van der Waals surface area (Å²) in [5.41, 5.74) is -3.30. The Bertz CT molecular complexity index is 969. The van der Waals surface area contributed by atoms with Crippen LogP contribution in [0.15, 0.2) is 36.4 Å². The molecule has 0 saturated carbocycles. The predicted molar refractivity (Wildman–Crippen MR) is 89.2 cm³/mol. The van der Waals surface area contributed by atoms with Crippen LogP contribution in [-0.2, 0) is 4.57 Å². The van der Waals surface area contributed by atoms with E-state index in [2.05, 4.69) is 0 Å². The number of benzene rings is 2. The van der Waals surface area contributed by atoms with Crippen molar-refractivity contribution in [2.45, 2.75) is 0 Å². The van der Waals surface area contributed by atoms with Crippen molar-refractivity contribution in [2.75, 3.05) is 0 Å². The molecule has 0 saturated heterocycles. The molecule has 27 heavy (non-hydrogen) atoms. The lowest BCUT2D eigenvalue weighted by Gasteiger charge is -2.13. The Kier molecular flexibility index (Phi) is 5.06. The molecule has 0 aromatic heterocycles. The van der Waals surface area contributed by atoms with Crippen LogP contribution in [0.5, 0.6) is 0 Å². The van der Waals surface area contributed by atoms with E-state index in [9.17, 15) is 39.3 Å². The number of rotatable bonds is 6. The van der Waals surface area contributed by atoms with Crippen LogP contribution >= 0.6 is 7.37 Å². The maximum Gasteiger partial charge on any atom is 0.342 e. The van der Waals surface area contributed by atoms with Crippen LogP contribution in [0.2, 0.25) is 0 Å². The summed E-state index contributed by atoms with van der Waals surface area (Å²) in [5.74, 6) is -3.25. The van der Waals surface area contributed by atoms with Gasteiger partial charge in [-0.2, -0.15) is 0 Å². The van der Waals surface area contributed by atoms with E-state index in [1.54, 1.807) is 0 Å². The topological polar surface area (TPSA) is 198 Å². The Labute approximate surface area is 149 Å². The Morgan fingerprint density at radius 3 is 1.41 bits per heavy atom. The Morgan fingerprint density at radius 1 is 0.815 bits per heavy atom. The molecule has 0 fully saturated rings. The molecule has 12 nitrogen and oxygen atoms in total. The van der Waals surface area contributed by atoms with E-state index < -0.39 is 62.3 Å². The number of hydrogen-bond donors (Lipinski definition) is 3. The van der Waals surface area contributed by atoms with E-state index in [0.717, 1.165) is 24.3 Å². The largest absolute Gasteiger partial charge is 0.477 e. The molecule has 0 aliphatic rings. The first-order valence-corrected chi connectivity index (χ1v) is 8.50. The van der Waals surface area contributed by atoms with Crippen LogP contribution in [0.25, 0.3) is 0 Å². The summed E-state index contributed by atoms with van der Waals surface area (Å²) in [6.45, 7) is 0. The lowest BCUT2D eigenvalue weighted by molar-refractivity contribution is -0.385. The summed E-state index contributed by atoms with van der Waals surface area (Å²) in [6, 6.07) is 4.43. The molecule has 0 unspecified atom stereocenters. The fraction of sp³-hybridized carbons (Fsp3) is 0. The summed E-state index contributed by atoms with van der Waals surface area (Å²) >= 11 is 0. The quantitative estimate of drug-likeness (QED) is 0.361. The molecule has 0 amide bonds. The van der Waals surface area contributed by atoms with Gasteiger partial charge in [-0.1, -0.05) is 0 Å². The van der Waals surface area contributed by atoms with Gasteiger partial charge in [-0.25, -0.2) is 9.59 Å². The zero-order valence-electron chi connectivity index (χ0n) is 13.0. The minimum atomic E-state index is -4.63. The second-order valence-corrected chi connectivity index (χ2v) is 7.29. The van der Waals surface area contributed by atoms with Crippen molar-refractivity contribution in [1.82, 2.24) is 0 Å². The molecule has 0 heterocycles.